The van der Waals surface area contributed by atoms with Crippen LogP contribution in [0.5, 0.6) is 11.5 Å². The van der Waals surface area contributed by atoms with Crippen molar-refractivity contribution in [2.24, 2.45) is 0 Å². The van der Waals surface area contributed by atoms with E-state index in [-0.39, 0.29) is 5.56 Å². The topological polar surface area (TPSA) is 54.3 Å². The molecule has 6 heteroatoms. The zero-order chi connectivity index (χ0) is 15.4. The van der Waals surface area contributed by atoms with E-state index >= 15 is 0 Å². The molecule has 0 aromatic heterocycles. The lowest BCUT2D eigenvalue weighted by Crippen LogP contribution is -1.97. The lowest BCUT2D eigenvalue weighted by atomic mass is 10.2. The molecule has 0 atom stereocenters. The average Bonchev–Trinajstić information content (AvgIpc) is 2.47. The van der Waals surface area contributed by atoms with E-state index < -0.39 is 5.82 Å². The minimum absolute atomic E-state index is 0.220. The smallest absolute Gasteiger partial charge is 0.144 e. The molecule has 0 saturated heterocycles. The molecule has 0 heterocycles. The van der Waals surface area contributed by atoms with Crippen LogP contribution in [0.3, 0.4) is 0 Å². The fourth-order valence-corrected chi connectivity index (χ4v) is 2.07. The average molecular weight is 307 g/mol. The molecule has 0 amide bonds. The molecule has 0 spiro atoms. The van der Waals surface area contributed by atoms with Crippen molar-refractivity contribution in [1.82, 2.24) is 0 Å². The molecule has 2 aromatic rings. The van der Waals surface area contributed by atoms with Gasteiger partial charge in [0.2, 0.25) is 0 Å². The van der Waals surface area contributed by atoms with Crippen molar-refractivity contribution in [3.63, 3.8) is 0 Å². The first-order chi connectivity index (χ1) is 10.1. The molecule has 0 fully saturated rings. The number of anilines is 2. The zero-order valence-corrected chi connectivity index (χ0v) is 12.2. The molecule has 0 aliphatic rings. The Balaban J connectivity index is 2.43. The van der Waals surface area contributed by atoms with Crippen LogP contribution >= 0.6 is 11.6 Å². The van der Waals surface area contributed by atoms with Gasteiger partial charge in [-0.05, 0) is 18.2 Å². The van der Waals surface area contributed by atoms with Crippen molar-refractivity contribution in [2.75, 3.05) is 19.5 Å². The maximum absolute atomic E-state index is 13.4. The zero-order valence-electron chi connectivity index (χ0n) is 11.4. The van der Waals surface area contributed by atoms with E-state index in [1.54, 1.807) is 12.1 Å². The van der Waals surface area contributed by atoms with Crippen molar-refractivity contribution >= 4 is 23.0 Å². The minimum atomic E-state index is -0.503. The highest BCUT2D eigenvalue weighted by atomic mass is 35.5. The van der Waals surface area contributed by atoms with Crippen LogP contribution in [0.15, 0.2) is 30.3 Å². The fraction of sp³-hybridized carbons (Fsp3) is 0.133. The molecular weight excluding hydrogens is 295 g/mol. The van der Waals surface area contributed by atoms with E-state index in [0.29, 0.717) is 27.9 Å². The molecule has 0 saturated carbocycles. The Morgan fingerprint density at radius 3 is 2.43 bits per heavy atom. The molecule has 1 N–H and O–H groups in total. The summed E-state index contributed by atoms with van der Waals surface area (Å²) in [5, 5.41) is 12.3. The third-order valence-electron chi connectivity index (χ3n) is 2.78. The number of ether oxygens (including phenoxy) is 2. The Bertz CT molecular complexity index is 714. The van der Waals surface area contributed by atoms with Gasteiger partial charge in [0.25, 0.3) is 0 Å². The highest BCUT2D eigenvalue weighted by Crippen LogP contribution is 2.37. The van der Waals surface area contributed by atoms with E-state index in [2.05, 4.69) is 5.32 Å². The first-order valence-corrected chi connectivity index (χ1v) is 6.34. The number of nitriles is 1. The fourth-order valence-electron chi connectivity index (χ4n) is 1.84. The largest absolute Gasteiger partial charge is 0.495 e. The van der Waals surface area contributed by atoms with E-state index in [1.165, 1.54) is 26.4 Å². The normalized spacial score (nSPS) is 9.86. The molecule has 0 aliphatic heterocycles. The maximum atomic E-state index is 13.4. The van der Waals surface area contributed by atoms with Crippen molar-refractivity contribution in [3.8, 4) is 17.6 Å². The standard InChI is InChI=1S/C15H12ClFN2O2/c1-20-14-7-13(15(21-2)6-12(14)16)19-11-4-9(8-18)3-10(17)5-11/h3-7,19H,1-2H3. The summed E-state index contributed by atoms with van der Waals surface area (Å²) in [4.78, 5) is 0. The van der Waals surface area contributed by atoms with Crippen LogP contribution in [0, 0.1) is 17.1 Å². The Morgan fingerprint density at radius 1 is 1.10 bits per heavy atom. The van der Waals surface area contributed by atoms with E-state index in [9.17, 15) is 4.39 Å². The number of halogens is 2. The second-order valence-corrected chi connectivity index (χ2v) is 4.56. The van der Waals surface area contributed by atoms with Crippen molar-refractivity contribution in [2.45, 2.75) is 0 Å². The second kappa shape index (κ2) is 6.33. The van der Waals surface area contributed by atoms with Crippen LogP contribution < -0.4 is 14.8 Å². The summed E-state index contributed by atoms with van der Waals surface area (Å²) in [5.74, 6) is 0.428. The first kappa shape index (κ1) is 14.9. The monoisotopic (exact) mass is 306 g/mol. The first-order valence-electron chi connectivity index (χ1n) is 5.96. The van der Waals surface area contributed by atoms with Gasteiger partial charge in [0.1, 0.15) is 17.3 Å². The summed E-state index contributed by atoms with van der Waals surface area (Å²) in [7, 11) is 2.99. The Labute approximate surface area is 126 Å². The number of hydrogen-bond donors (Lipinski definition) is 1. The van der Waals surface area contributed by atoms with Crippen LogP contribution in [-0.4, -0.2) is 14.2 Å². The molecule has 108 valence electrons. The number of nitrogens with zero attached hydrogens (tertiary/aromatic N) is 1. The van der Waals surface area contributed by atoms with Crippen LogP contribution in [0.2, 0.25) is 5.02 Å². The lowest BCUT2D eigenvalue weighted by Gasteiger charge is -2.14. The lowest BCUT2D eigenvalue weighted by molar-refractivity contribution is 0.405. The molecule has 4 nitrogen and oxygen atoms in total. The van der Waals surface area contributed by atoms with Crippen LogP contribution in [0.1, 0.15) is 5.56 Å². The predicted octanol–water partition coefficient (Wildman–Crippen LogP) is 4.11. The summed E-state index contributed by atoms with van der Waals surface area (Å²) in [5.41, 5.74) is 1.19. The summed E-state index contributed by atoms with van der Waals surface area (Å²) in [6.45, 7) is 0. The molecule has 0 unspecified atom stereocenters. The summed E-state index contributed by atoms with van der Waals surface area (Å²) >= 11 is 6.02. The summed E-state index contributed by atoms with van der Waals surface area (Å²) in [6, 6.07) is 9.09. The van der Waals surface area contributed by atoms with Gasteiger partial charge < -0.3 is 14.8 Å². The highest BCUT2D eigenvalue weighted by Gasteiger charge is 2.11. The number of benzene rings is 2. The van der Waals surface area contributed by atoms with Gasteiger partial charge >= 0.3 is 0 Å². The van der Waals surface area contributed by atoms with Crippen LogP contribution in [-0.2, 0) is 0 Å². The SMILES string of the molecule is COc1cc(Nc2cc(F)cc(C#N)c2)c(OC)cc1Cl. The minimum Gasteiger partial charge on any atom is -0.495 e. The molecule has 21 heavy (non-hydrogen) atoms. The van der Waals surface area contributed by atoms with Crippen LogP contribution in [0.4, 0.5) is 15.8 Å². The molecule has 0 aliphatic carbocycles. The second-order valence-electron chi connectivity index (χ2n) is 4.15. The summed E-state index contributed by atoms with van der Waals surface area (Å²) in [6.07, 6.45) is 0. The van der Waals surface area contributed by atoms with Gasteiger partial charge in [0.05, 0.1) is 36.6 Å². The third kappa shape index (κ3) is 3.36. The number of methoxy groups -OCH3 is 2. The van der Waals surface area contributed by atoms with Gasteiger partial charge in [-0.25, -0.2) is 4.39 Å². The number of rotatable bonds is 4. The Hall–Kier alpha value is -2.45. The van der Waals surface area contributed by atoms with Crippen LogP contribution in [0.25, 0.3) is 0 Å². The van der Waals surface area contributed by atoms with E-state index in [0.717, 1.165) is 6.07 Å². The van der Waals surface area contributed by atoms with Gasteiger partial charge in [-0.3, -0.25) is 0 Å². The van der Waals surface area contributed by atoms with Gasteiger partial charge in [-0.1, -0.05) is 11.6 Å². The van der Waals surface area contributed by atoms with E-state index in [1.807, 2.05) is 6.07 Å². The van der Waals surface area contributed by atoms with Crippen molar-refractivity contribution in [3.05, 3.63) is 46.7 Å². The molecule has 0 bridgehead atoms. The molecular formula is C15H12ClFN2O2. The van der Waals surface area contributed by atoms with Gasteiger partial charge in [0, 0.05) is 17.8 Å². The maximum Gasteiger partial charge on any atom is 0.144 e. The van der Waals surface area contributed by atoms with Gasteiger partial charge in [0.15, 0.2) is 0 Å². The molecule has 2 aromatic carbocycles. The van der Waals surface area contributed by atoms with Crippen molar-refractivity contribution < 1.29 is 13.9 Å². The highest BCUT2D eigenvalue weighted by molar-refractivity contribution is 6.32. The van der Waals surface area contributed by atoms with Gasteiger partial charge in [-0.2, -0.15) is 5.26 Å². The Kier molecular flexibility index (Phi) is 4.51. The number of nitrogens with one attached hydrogen (secondary N) is 1. The molecule has 0 radical (unpaired) electrons. The number of hydrogen-bond acceptors (Lipinski definition) is 4. The molecule has 2 rings (SSSR count). The Morgan fingerprint density at radius 2 is 1.81 bits per heavy atom. The summed E-state index contributed by atoms with van der Waals surface area (Å²) < 4.78 is 23.8. The van der Waals surface area contributed by atoms with Gasteiger partial charge in [-0.15, -0.1) is 0 Å². The van der Waals surface area contributed by atoms with E-state index in [4.69, 9.17) is 26.3 Å². The predicted molar refractivity (Wildman–Crippen MR) is 79.0 cm³/mol. The van der Waals surface area contributed by atoms with Crippen molar-refractivity contribution in [1.29, 1.82) is 5.26 Å². The third-order valence-corrected chi connectivity index (χ3v) is 3.08. The quantitative estimate of drug-likeness (QED) is 0.923.